The van der Waals surface area contributed by atoms with Crippen molar-refractivity contribution in [1.82, 2.24) is 5.32 Å². The van der Waals surface area contributed by atoms with Gasteiger partial charge in [0.25, 0.3) is 11.8 Å². The quantitative estimate of drug-likeness (QED) is 0.314. The molecule has 0 spiro atoms. The van der Waals surface area contributed by atoms with Crippen LogP contribution in [0.4, 0.5) is 11.4 Å². The van der Waals surface area contributed by atoms with Crippen molar-refractivity contribution in [2.24, 2.45) is 0 Å². The van der Waals surface area contributed by atoms with Gasteiger partial charge >= 0.3 is 5.97 Å². The summed E-state index contributed by atoms with van der Waals surface area (Å²) in [4.78, 5) is 51.4. The average molecular weight is 589 g/mol. The lowest BCUT2D eigenvalue weighted by molar-refractivity contribution is -0.142. The molecular weight excluding hydrogens is 560 g/mol. The van der Waals surface area contributed by atoms with Crippen LogP contribution in [0.25, 0.3) is 0 Å². The van der Waals surface area contributed by atoms with E-state index in [-0.39, 0.29) is 45.5 Å². The Balaban J connectivity index is 1.79. The summed E-state index contributed by atoms with van der Waals surface area (Å²) in [5.74, 6) is -1.56. The lowest BCUT2D eigenvalue weighted by Crippen LogP contribution is -2.42. The largest absolute Gasteiger partial charge is 0.493 e. The van der Waals surface area contributed by atoms with Gasteiger partial charge in [0.15, 0.2) is 17.2 Å². The number of benzene rings is 3. The van der Waals surface area contributed by atoms with Crippen LogP contribution >= 0.6 is 0 Å². The summed E-state index contributed by atoms with van der Waals surface area (Å²) in [7, 11) is 5.43. The molecule has 13 heteroatoms. The van der Waals surface area contributed by atoms with E-state index in [0.717, 1.165) is 5.56 Å². The molecule has 0 aromatic heterocycles. The van der Waals surface area contributed by atoms with Crippen LogP contribution < -0.4 is 34.9 Å². The third-order valence-corrected chi connectivity index (χ3v) is 6.43. The van der Waals surface area contributed by atoms with Crippen LogP contribution in [-0.2, 0) is 14.3 Å². The van der Waals surface area contributed by atoms with Gasteiger partial charge in [-0.2, -0.15) is 5.26 Å². The zero-order chi connectivity index (χ0) is 31.3. The van der Waals surface area contributed by atoms with Gasteiger partial charge in [0.2, 0.25) is 11.7 Å². The number of nitriles is 1. The molecule has 0 aliphatic carbocycles. The molecule has 3 aromatic carbocycles. The van der Waals surface area contributed by atoms with Crippen LogP contribution in [0.3, 0.4) is 0 Å². The predicted octanol–water partition coefficient (Wildman–Crippen LogP) is 3.55. The molecule has 3 N–H and O–H groups in total. The second kappa shape index (κ2) is 12.8. The fraction of sp³-hybridized carbons (Fsp3) is 0.233. The van der Waals surface area contributed by atoms with Crippen LogP contribution in [0, 0.1) is 18.3 Å². The Morgan fingerprint density at radius 2 is 1.63 bits per heavy atom. The zero-order valence-corrected chi connectivity index (χ0v) is 23.9. The first-order chi connectivity index (χ1) is 20.6. The number of fused-ring (bicyclic) bond motifs is 1. The van der Waals surface area contributed by atoms with E-state index in [1.165, 1.54) is 58.8 Å². The minimum atomic E-state index is -1.20. The summed E-state index contributed by atoms with van der Waals surface area (Å²) >= 11 is 0. The Hall–Kier alpha value is -5.77. The minimum absolute atomic E-state index is 0.00894. The van der Waals surface area contributed by atoms with Crippen molar-refractivity contribution < 1.29 is 42.9 Å². The number of anilines is 2. The standard InChI is InChI=1S/C30H28N4O9/c1-15-6-16(14-31)8-18(7-15)43-23-11-19-20(32-30(38)22(34-29(19)37)13-26(35)41-4)12-21(23)33-28(36)17-9-24(39-2)27(42-5)25(10-17)40-3/h6-12,22H,13H2,1-5H3,(H,32,38)(H,33,36)(H,34,37)/t22-/m0/s1. The van der Waals surface area contributed by atoms with Gasteiger partial charge in [-0.3, -0.25) is 19.2 Å². The summed E-state index contributed by atoms with van der Waals surface area (Å²) in [6.45, 7) is 1.78. The molecule has 0 saturated heterocycles. The summed E-state index contributed by atoms with van der Waals surface area (Å²) in [6.07, 6.45) is -0.392. The number of methoxy groups -OCH3 is 4. The number of ether oxygens (including phenoxy) is 5. The number of esters is 1. The molecule has 3 aromatic rings. The number of hydrogen-bond acceptors (Lipinski definition) is 10. The number of nitrogens with one attached hydrogen (secondary N) is 3. The molecule has 0 fully saturated rings. The van der Waals surface area contributed by atoms with Crippen molar-refractivity contribution in [3.8, 4) is 34.8 Å². The number of nitrogens with zero attached hydrogens (tertiary/aromatic N) is 1. The molecule has 0 bridgehead atoms. The molecule has 1 aliphatic heterocycles. The molecule has 0 radical (unpaired) electrons. The second-order valence-electron chi connectivity index (χ2n) is 9.31. The lowest BCUT2D eigenvalue weighted by atomic mass is 10.1. The molecule has 222 valence electrons. The highest BCUT2D eigenvalue weighted by molar-refractivity contribution is 6.13. The molecule has 1 atom stereocenters. The molecule has 0 unspecified atom stereocenters. The summed E-state index contributed by atoms with van der Waals surface area (Å²) in [5.41, 5.74) is 1.36. The van der Waals surface area contributed by atoms with Crippen molar-refractivity contribution in [2.45, 2.75) is 19.4 Å². The molecule has 13 nitrogen and oxygen atoms in total. The normalized spacial score (nSPS) is 13.7. The maximum atomic E-state index is 13.5. The van der Waals surface area contributed by atoms with E-state index in [1.54, 1.807) is 19.1 Å². The third kappa shape index (κ3) is 6.59. The van der Waals surface area contributed by atoms with E-state index in [2.05, 4.69) is 26.8 Å². The van der Waals surface area contributed by atoms with Crippen molar-refractivity contribution >= 4 is 35.1 Å². The van der Waals surface area contributed by atoms with Crippen LogP contribution in [0.1, 0.15) is 38.3 Å². The lowest BCUT2D eigenvalue weighted by Gasteiger charge is -2.17. The highest BCUT2D eigenvalue weighted by Crippen LogP contribution is 2.40. The number of carbonyl (C=O) groups is 4. The van der Waals surface area contributed by atoms with Gasteiger partial charge in [0.05, 0.1) is 63.4 Å². The smallest absolute Gasteiger partial charge is 0.308 e. The molecule has 4 rings (SSSR count). The fourth-order valence-corrected chi connectivity index (χ4v) is 4.37. The maximum Gasteiger partial charge on any atom is 0.308 e. The van der Waals surface area contributed by atoms with E-state index in [0.29, 0.717) is 11.3 Å². The Morgan fingerprint density at radius 3 is 2.23 bits per heavy atom. The van der Waals surface area contributed by atoms with Crippen molar-refractivity contribution in [3.05, 3.63) is 64.7 Å². The van der Waals surface area contributed by atoms with Crippen LogP contribution in [0.5, 0.6) is 28.7 Å². The van der Waals surface area contributed by atoms with Gasteiger partial charge < -0.3 is 39.6 Å². The van der Waals surface area contributed by atoms with Gasteiger partial charge in [0.1, 0.15) is 11.8 Å². The van der Waals surface area contributed by atoms with E-state index in [1.807, 2.05) is 0 Å². The number of hydrogen-bond donors (Lipinski definition) is 3. The SMILES string of the molecule is COC(=O)C[C@@H]1NC(=O)c2cc(Oc3cc(C)cc(C#N)c3)c(NC(=O)c3cc(OC)c(OC)c(OC)c3)cc2NC1=O. The predicted molar refractivity (Wildman–Crippen MR) is 153 cm³/mol. The van der Waals surface area contributed by atoms with E-state index in [9.17, 15) is 24.4 Å². The molecular formula is C30H28N4O9. The number of rotatable bonds is 9. The highest BCUT2D eigenvalue weighted by atomic mass is 16.5. The first kappa shape index (κ1) is 30.2. The van der Waals surface area contributed by atoms with E-state index in [4.69, 9.17) is 18.9 Å². The van der Waals surface area contributed by atoms with Crippen LogP contribution in [0.15, 0.2) is 42.5 Å². The molecule has 1 aliphatic rings. The van der Waals surface area contributed by atoms with Crippen LogP contribution in [-0.4, -0.2) is 58.2 Å². The summed E-state index contributed by atoms with van der Waals surface area (Å²) in [5, 5.41) is 17.3. The number of carbonyl (C=O) groups excluding carboxylic acids is 4. The molecule has 43 heavy (non-hydrogen) atoms. The Labute approximate surface area is 246 Å². The molecule has 1 heterocycles. The van der Waals surface area contributed by atoms with E-state index >= 15 is 0 Å². The fourth-order valence-electron chi connectivity index (χ4n) is 4.37. The van der Waals surface area contributed by atoms with Gasteiger partial charge in [-0.05, 0) is 55.0 Å². The topological polar surface area (TPSA) is 174 Å². The van der Waals surface area contributed by atoms with Crippen molar-refractivity contribution in [3.63, 3.8) is 0 Å². The average Bonchev–Trinajstić information content (AvgIpc) is 3.10. The maximum absolute atomic E-state index is 13.5. The van der Waals surface area contributed by atoms with Gasteiger partial charge in [0, 0.05) is 5.56 Å². The Bertz CT molecular complexity index is 1640. The Morgan fingerprint density at radius 1 is 0.930 bits per heavy atom. The van der Waals surface area contributed by atoms with E-state index < -0.39 is 36.2 Å². The third-order valence-electron chi connectivity index (χ3n) is 6.43. The first-order valence-corrected chi connectivity index (χ1v) is 12.8. The van der Waals surface area contributed by atoms with Crippen molar-refractivity contribution in [2.75, 3.05) is 39.1 Å². The molecule has 0 saturated carbocycles. The van der Waals surface area contributed by atoms with Gasteiger partial charge in [-0.25, -0.2) is 0 Å². The second-order valence-corrected chi connectivity index (χ2v) is 9.31. The summed E-state index contributed by atoms with van der Waals surface area (Å²) in [6, 6.07) is 11.3. The van der Waals surface area contributed by atoms with Crippen molar-refractivity contribution in [1.29, 1.82) is 5.26 Å². The zero-order valence-electron chi connectivity index (χ0n) is 23.9. The highest BCUT2D eigenvalue weighted by Gasteiger charge is 2.31. The number of amides is 3. The minimum Gasteiger partial charge on any atom is -0.493 e. The summed E-state index contributed by atoms with van der Waals surface area (Å²) < 4.78 is 26.8. The first-order valence-electron chi connectivity index (χ1n) is 12.8. The Kier molecular flexibility index (Phi) is 9.00. The molecule has 3 amide bonds. The monoisotopic (exact) mass is 588 g/mol. The van der Waals surface area contributed by atoms with Gasteiger partial charge in [-0.1, -0.05) is 0 Å². The number of aryl methyl sites for hydroxylation is 1. The van der Waals surface area contributed by atoms with Gasteiger partial charge in [-0.15, -0.1) is 0 Å². The van der Waals surface area contributed by atoms with Crippen LogP contribution in [0.2, 0.25) is 0 Å².